The molecule has 5 heteroatoms. The van der Waals surface area contributed by atoms with Gasteiger partial charge in [-0.05, 0) is 63.5 Å². The first kappa shape index (κ1) is 20.8. The molecule has 1 N–H and O–H groups in total. The van der Waals surface area contributed by atoms with Crippen molar-refractivity contribution in [3.05, 3.63) is 70.2 Å². The predicted molar refractivity (Wildman–Crippen MR) is 125 cm³/mol. The molecule has 1 aliphatic heterocycles. The first-order valence-corrected chi connectivity index (χ1v) is 11.7. The predicted octanol–water partition coefficient (Wildman–Crippen LogP) is 5.96. The van der Waals surface area contributed by atoms with Crippen molar-refractivity contribution in [1.29, 1.82) is 0 Å². The molecule has 1 amide bonds. The summed E-state index contributed by atoms with van der Waals surface area (Å²) in [5, 5.41) is 6.09. The number of hydrogen-bond donors (Lipinski definition) is 1. The SMILES string of the molecule is CCCN1CCC(c2nc(C(=O)Nc3ccc(C)cc3-c3ccccc3)cs2)CC1. The minimum Gasteiger partial charge on any atom is -0.320 e. The monoisotopic (exact) mass is 419 g/mol. The Morgan fingerprint density at radius 3 is 2.67 bits per heavy atom. The molecule has 0 aliphatic carbocycles. The van der Waals surface area contributed by atoms with Gasteiger partial charge in [0.15, 0.2) is 0 Å². The Kier molecular flexibility index (Phi) is 6.60. The van der Waals surface area contributed by atoms with E-state index >= 15 is 0 Å². The van der Waals surface area contributed by atoms with Crippen LogP contribution in [0, 0.1) is 6.92 Å². The molecule has 0 radical (unpaired) electrons. The molecule has 1 saturated heterocycles. The molecule has 2 heterocycles. The maximum atomic E-state index is 12.9. The average Bonchev–Trinajstić information content (AvgIpc) is 3.27. The van der Waals surface area contributed by atoms with Gasteiger partial charge in [0, 0.05) is 22.5 Å². The third-order valence-corrected chi connectivity index (χ3v) is 6.75. The molecule has 0 saturated carbocycles. The van der Waals surface area contributed by atoms with Crippen molar-refractivity contribution in [2.75, 3.05) is 25.0 Å². The zero-order valence-electron chi connectivity index (χ0n) is 17.7. The summed E-state index contributed by atoms with van der Waals surface area (Å²) >= 11 is 1.62. The van der Waals surface area contributed by atoms with Gasteiger partial charge >= 0.3 is 0 Å². The standard InChI is InChI=1S/C25H29N3OS/c1-3-13-28-14-11-20(12-15-28)25-27-23(17-30-25)24(29)26-22-10-9-18(2)16-21(22)19-7-5-4-6-8-19/h4-10,16-17,20H,3,11-15H2,1-2H3,(H,26,29). The summed E-state index contributed by atoms with van der Waals surface area (Å²) in [6, 6.07) is 16.3. The number of aryl methyl sites for hydroxylation is 1. The zero-order valence-corrected chi connectivity index (χ0v) is 18.5. The van der Waals surface area contributed by atoms with Crippen molar-refractivity contribution >= 4 is 22.9 Å². The summed E-state index contributed by atoms with van der Waals surface area (Å²) in [6.45, 7) is 7.73. The molecule has 0 spiro atoms. The van der Waals surface area contributed by atoms with E-state index in [1.165, 1.54) is 13.0 Å². The highest BCUT2D eigenvalue weighted by Gasteiger charge is 2.23. The van der Waals surface area contributed by atoms with Gasteiger partial charge in [-0.15, -0.1) is 11.3 Å². The van der Waals surface area contributed by atoms with E-state index in [4.69, 9.17) is 4.98 Å². The molecule has 4 nitrogen and oxygen atoms in total. The lowest BCUT2D eigenvalue weighted by Crippen LogP contribution is -2.33. The van der Waals surface area contributed by atoms with Crippen molar-refractivity contribution in [1.82, 2.24) is 9.88 Å². The number of thiazole rings is 1. The van der Waals surface area contributed by atoms with E-state index in [9.17, 15) is 4.79 Å². The Morgan fingerprint density at radius 2 is 1.93 bits per heavy atom. The lowest BCUT2D eigenvalue weighted by atomic mass is 9.97. The van der Waals surface area contributed by atoms with Crippen LogP contribution in [0.15, 0.2) is 53.9 Å². The molecule has 30 heavy (non-hydrogen) atoms. The van der Waals surface area contributed by atoms with Crippen LogP contribution in [-0.4, -0.2) is 35.4 Å². The number of hydrogen-bond acceptors (Lipinski definition) is 4. The number of nitrogens with one attached hydrogen (secondary N) is 1. The Hall–Kier alpha value is -2.50. The summed E-state index contributed by atoms with van der Waals surface area (Å²) < 4.78 is 0. The molecular formula is C25H29N3OS. The highest BCUT2D eigenvalue weighted by atomic mass is 32.1. The number of nitrogens with zero attached hydrogens (tertiary/aromatic N) is 2. The van der Waals surface area contributed by atoms with Gasteiger partial charge in [-0.25, -0.2) is 4.98 Å². The number of carbonyl (C=O) groups is 1. The third-order valence-electron chi connectivity index (χ3n) is 5.74. The average molecular weight is 420 g/mol. The minimum atomic E-state index is -0.137. The molecule has 1 aromatic heterocycles. The molecule has 156 valence electrons. The largest absolute Gasteiger partial charge is 0.320 e. The van der Waals surface area contributed by atoms with Gasteiger partial charge in [-0.2, -0.15) is 0 Å². The summed E-state index contributed by atoms with van der Waals surface area (Å²) in [5.41, 5.74) is 4.62. The summed E-state index contributed by atoms with van der Waals surface area (Å²) in [5.74, 6) is 0.339. The first-order chi connectivity index (χ1) is 14.6. The molecule has 1 fully saturated rings. The molecule has 3 aromatic rings. The number of rotatable bonds is 6. The van der Waals surface area contributed by atoms with Crippen LogP contribution >= 0.6 is 11.3 Å². The second kappa shape index (κ2) is 9.54. The lowest BCUT2D eigenvalue weighted by molar-refractivity contribution is 0.102. The number of anilines is 1. The van der Waals surface area contributed by atoms with Crippen LogP contribution in [0.1, 0.15) is 53.2 Å². The van der Waals surface area contributed by atoms with Crippen molar-refractivity contribution in [3.63, 3.8) is 0 Å². The van der Waals surface area contributed by atoms with Gasteiger partial charge in [0.2, 0.25) is 0 Å². The van der Waals surface area contributed by atoms with Crippen LogP contribution in [-0.2, 0) is 0 Å². The van der Waals surface area contributed by atoms with Gasteiger partial charge in [-0.3, -0.25) is 4.79 Å². The Morgan fingerprint density at radius 1 is 1.17 bits per heavy atom. The van der Waals surface area contributed by atoms with Crippen LogP contribution in [0.2, 0.25) is 0 Å². The second-order valence-electron chi connectivity index (χ2n) is 8.06. The van der Waals surface area contributed by atoms with E-state index in [-0.39, 0.29) is 5.91 Å². The fourth-order valence-corrected chi connectivity index (χ4v) is 5.08. The van der Waals surface area contributed by atoms with Crippen LogP contribution in [0.3, 0.4) is 0 Å². The van der Waals surface area contributed by atoms with Crippen molar-refractivity contribution in [2.24, 2.45) is 0 Å². The molecule has 0 bridgehead atoms. The molecule has 4 rings (SSSR count). The minimum absolute atomic E-state index is 0.137. The van der Waals surface area contributed by atoms with Gasteiger partial charge in [-0.1, -0.05) is 48.9 Å². The number of likely N-dealkylation sites (tertiary alicyclic amines) is 1. The van der Waals surface area contributed by atoms with Gasteiger partial charge in [0.25, 0.3) is 5.91 Å². The topological polar surface area (TPSA) is 45.2 Å². The molecule has 0 unspecified atom stereocenters. The summed E-state index contributed by atoms with van der Waals surface area (Å²) in [6.07, 6.45) is 3.46. The van der Waals surface area contributed by atoms with Crippen molar-refractivity contribution in [3.8, 4) is 11.1 Å². The number of piperidine rings is 1. The number of amides is 1. The molecule has 1 aliphatic rings. The summed E-state index contributed by atoms with van der Waals surface area (Å²) in [7, 11) is 0. The highest BCUT2D eigenvalue weighted by molar-refractivity contribution is 7.10. The van der Waals surface area contributed by atoms with Crippen LogP contribution < -0.4 is 5.32 Å². The van der Waals surface area contributed by atoms with Crippen LogP contribution in [0.25, 0.3) is 11.1 Å². The van der Waals surface area contributed by atoms with Crippen LogP contribution in [0.5, 0.6) is 0 Å². The first-order valence-electron chi connectivity index (χ1n) is 10.8. The Labute approximate surface area is 183 Å². The third kappa shape index (κ3) is 4.79. The Balaban J connectivity index is 1.47. The molecular weight excluding hydrogens is 390 g/mol. The van der Waals surface area contributed by atoms with E-state index in [0.717, 1.165) is 53.3 Å². The number of aromatic nitrogens is 1. The Bertz CT molecular complexity index is 991. The van der Waals surface area contributed by atoms with E-state index in [0.29, 0.717) is 11.6 Å². The maximum absolute atomic E-state index is 12.9. The van der Waals surface area contributed by atoms with Gasteiger partial charge < -0.3 is 10.2 Å². The van der Waals surface area contributed by atoms with Gasteiger partial charge in [0.05, 0.1) is 5.01 Å². The molecule has 0 atom stereocenters. The fraction of sp³-hybridized carbons (Fsp3) is 0.360. The number of carbonyl (C=O) groups excluding carboxylic acids is 1. The van der Waals surface area contributed by atoms with E-state index in [1.54, 1.807) is 11.3 Å². The fourth-order valence-electron chi connectivity index (χ4n) is 4.11. The normalized spacial score (nSPS) is 15.3. The number of benzene rings is 2. The van der Waals surface area contributed by atoms with Gasteiger partial charge in [0.1, 0.15) is 5.69 Å². The quantitative estimate of drug-likeness (QED) is 0.536. The maximum Gasteiger partial charge on any atom is 0.275 e. The second-order valence-corrected chi connectivity index (χ2v) is 8.95. The summed E-state index contributed by atoms with van der Waals surface area (Å²) in [4.78, 5) is 20.2. The molecule has 2 aromatic carbocycles. The highest BCUT2D eigenvalue weighted by Crippen LogP contribution is 2.32. The smallest absolute Gasteiger partial charge is 0.275 e. The van der Waals surface area contributed by atoms with E-state index < -0.39 is 0 Å². The van der Waals surface area contributed by atoms with Crippen molar-refractivity contribution in [2.45, 2.75) is 39.0 Å². The van der Waals surface area contributed by atoms with Crippen molar-refractivity contribution < 1.29 is 4.79 Å². The van der Waals surface area contributed by atoms with E-state index in [2.05, 4.69) is 42.3 Å². The lowest BCUT2D eigenvalue weighted by Gasteiger charge is -2.30. The van der Waals surface area contributed by atoms with Crippen LogP contribution in [0.4, 0.5) is 5.69 Å². The van der Waals surface area contributed by atoms with E-state index in [1.807, 2.05) is 35.7 Å². The zero-order chi connectivity index (χ0) is 20.9.